The summed E-state index contributed by atoms with van der Waals surface area (Å²) in [6.45, 7) is 8.85. The number of hydrogen-bond donors (Lipinski definition) is 3. The molecule has 5 N–H and O–H groups in total. The molecule has 1 aromatic heterocycles. The molecule has 34 heavy (non-hydrogen) atoms. The van der Waals surface area contributed by atoms with Crippen molar-refractivity contribution < 1.29 is 19.1 Å². The molecule has 0 aliphatic heterocycles. The van der Waals surface area contributed by atoms with E-state index in [1.54, 1.807) is 19.2 Å². The van der Waals surface area contributed by atoms with Crippen LogP contribution < -0.4 is 21.5 Å². The number of aromatic nitrogens is 1. The van der Waals surface area contributed by atoms with Crippen molar-refractivity contribution in [1.82, 2.24) is 14.6 Å². The largest absolute Gasteiger partial charge is 0.497 e. The Morgan fingerprint density at radius 3 is 2.26 bits per heavy atom. The Hall–Kier alpha value is -3.14. The molecule has 2 rings (SSSR count). The van der Waals surface area contributed by atoms with Crippen LogP contribution in [-0.4, -0.2) is 46.7 Å². The summed E-state index contributed by atoms with van der Waals surface area (Å²) in [4.78, 5) is 40.2. The number of primary amides is 1. The molecule has 0 spiro atoms. The van der Waals surface area contributed by atoms with Gasteiger partial charge in [0.15, 0.2) is 5.69 Å². The number of methoxy groups -OCH3 is 1. The van der Waals surface area contributed by atoms with Crippen molar-refractivity contribution >= 4 is 34.9 Å². The second-order valence-corrected chi connectivity index (χ2v) is 9.81. The number of carbonyl (C=O) groups excluding carboxylic acids is 3. The highest BCUT2D eigenvalue weighted by atomic mass is 32.1. The Morgan fingerprint density at radius 2 is 1.76 bits per heavy atom. The summed E-state index contributed by atoms with van der Waals surface area (Å²) in [5, 5.41) is 2.98. The van der Waals surface area contributed by atoms with Crippen LogP contribution in [0.1, 0.15) is 66.3 Å². The van der Waals surface area contributed by atoms with Gasteiger partial charge in [0.2, 0.25) is 5.91 Å². The number of amides is 3. The quantitative estimate of drug-likeness (QED) is 0.418. The molecule has 1 heterocycles. The molecule has 10 heteroatoms. The van der Waals surface area contributed by atoms with E-state index >= 15 is 0 Å². The van der Waals surface area contributed by atoms with Crippen molar-refractivity contribution in [2.75, 3.05) is 19.4 Å². The van der Waals surface area contributed by atoms with Crippen LogP contribution >= 0.6 is 11.5 Å². The van der Waals surface area contributed by atoms with Gasteiger partial charge in [-0.15, -0.1) is 0 Å². The zero-order valence-electron chi connectivity index (χ0n) is 20.5. The van der Waals surface area contributed by atoms with Crippen LogP contribution in [0, 0.1) is 11.8 Å². The maximum atomic E-state index is 13.7. The van der Waals surface area contributed by atoms with Gasteiger partial charge in [0.05, 0.1) is 12.8 Å². The third-order valence-corrected chi connectivity index (χ3v) is 6.17. The van der Waals surface area contributed by atoms with Crippen LogP contribution in [-0.2, 0) is 11.3 Å². The summed E-state index contributed by atoms with van der Waals surface area (Å²) >= 11 is 0.809. The van der Waals surface area contributed by atoms with Crippen molar-refractivity contribution in [3.63, 3.8) is 0 Å². The number of ether oxygens (including phenoxy) is 1. The van der Waals surface area contributed by atoms with Crippen molar-refractivity contribution in [2.24, 2.45) is 17.6 Å². The van der Waals surface area contributed by atoms with Crippen LogP contribution in [0.2, 0.25) is 0 Å². The Balaban J connectivity index is 2.45. The lowest BCUT2D eigenvalue weighted by atomic mass is 10.00. The van der Waals surface area contributed by atoms with E-state index in [9.17, 15) is 14.4 Å². The molecule has 2 aromatic rings. The van der Waals surface area contributed by atoms with E-state index in [0.717, 1.165) is 23.5 Å². The minimum Gasteiger partial charge on any atom is -0.497 e. The van der Waals surface area contributed by atoms with E-state index in [1.165, 1.54) is 4.90 Å². The van der Waals surface area contributed by atoms with Crippen LogP contribution in [0.15, 0.2) is 24.3 Å². The number of rotatable bonds is 12. The minimum atomic E-state index is -0.806. The summed E-state index contributed by atoms with van der Waals surface area (Å²) in [5.74, 6) is -0.237. The van der Waals surface area contributed by atoms with E-state index in [2.05, 4.69) is 23.5 Å². The molecule has 0 fully saturated rings. The molecule has 0 saturated heterocycles. The van der Waals surface area contributed by atoms with Gasteiger partial charge in [-0.25, -0.2) is 0 Å². The number of benzene rings is 1. The molecule has 0 aliphatic carbocycles. The fraction of sp³-hybridized carbons (Fsp3) is 0.500. The summed E-state index contributed by atoms with van der Waals surface area (Å²) in [5.41, 5.74) is 12.0. The highest BCUT2D eigenvalue weighted by Gasteiger charge is 2.34. The van der Waals surface area contributed by atoms with E-state index in [-0.39, 0.29) is 34.6 Å². The van der Waals surface area contributed by atoms with Gasteiger partial charge in [-0.1, -0.05) is 39.8 Å². The fourth-order valence-electron chi connectivity index (χ4n) is 3.43. The zero-order valence-corrected chi connectivity index (χ0v) is 21.3. The molecule has 3 amide bonds. The average molecular weight is 490 g/mol. The van der Waals surface area contributed by atoms with Crippen LogP contribution in [0.3, 0.4) is 0 Å². The molecule has 1 atom stereocenters. The molecule has 0 aliphatic rings. The smallest absolute Gasteiger partial charge is 0.270 e. The topological polar surface area (TPSA) is 141 Å². The number of nitrogen functional groups attached to an aromatic ring is 1. The Morgan fingerprint density at radius 1 is 1.12 bits per heavy atom. The van der Waals surface area contributed by atoms with Gasteiger partial charge in [-0.05, 0) is 53.9 Å². The highest BCUT2D eigenvalue weighted by molar-refractivity contribution is 7.09. The lowest BCUT2D eigenvalue weighted by Gasteiger charge is -2.32. The molecular formula is C24H35N5O4S. The zero-order chi connectivity index (χ0) is 25.4. The number of nitrogens with two attached hydrogens (primary N) is 2. The maximum Gasteiger partial charge on any atom is 0.270 e. The third kappa shape index (κ3) is 7.18. The minimum absolute atomic E-state index is 0.0641. The number of hydrogen-bond acceptors (Lipinski definition) is 7. The molecule has 0 bridgehead atoms. The van der Waals surface area contributed by atoms with Crippen LogP contribution in [0.4, 0.5) is 5.69 Å². The van der Waals surface area contributed by atoms with Gasteiger partial charge in [-0.2, -0.15) is 4.37 Å². The van der Waals surface area contributed by atoms with Crippen molar-refractivity contribution in [1.29, 1.82) is 0 Å². The summed E-state index contributed by atoms with van der Waals surface area (Å²) in [6.07, 6.45) is 1.28. The second-order valence-electron chi connectivity index (χ2n) is 9.04. The monoisotopic (exact) mass is 489 g/mol. The fourth-order valence-corrected chi connectivity index (χ4v) is 4.20. The van der Waals surface area contributed by atoms with Gasteiger partial charge in [0.1, 0.15) is 16.7 Å². The molecule has 0 saturated carbocycles. The summed E-state index contributed by atoms with van der Waals surface area (Å²) < 4.78 is 9.18. The Bertz CT molecular complexity index is 988. The number of carbonyl (C=O) groups is 3. The van der Waals surface area contributed by atoms with E-state index in [0.29, 0.717) is 24.6 Å². The van der Waals surface area contributed by atoms with Crippen LogP contribution in [0.5, 0.6) is 5.75 Å². The second kappa shape index (κ2) is 12.4. The van der Waals surface area contributed by atoms with Crippen molar-refractivity contribution in [3.05, 3.63) is 40.4 Å². The summed E-state index contributed by atoms with van der Waals surface area (Å²) in [7, 11) is 1.58. The van der Waals surface area contributed by atoms with Gasteiger partial charge in [0.25, 0.3) is 11.8 Å². The van der Waals surface area contributed by atoms with Gasteiger partial charge in [-0.3, -0.25) is 14.4 Å². The standard InChI is InChI=1S/C24H35N5O4S/c1-14(2)10-11-27-23(31)18(12-15(3)4)29(13-16-6-8-17(33-5)9-7-16)24(32)21-19(25)20(22(26)30)28-34-21/h6-9,14-15,18H,10-13,25H2,1-5H3,(H2,26,30)(H,27,31). The van der Waals surface area contributed by atoms with Crippen molar-refractivity contribution in [2.45, 2.75) is 53.1 Å². The normalized spacial score (nSPS) is 12.0. The van der Waals surface area contributed by atoms with E-state index in [4.69, 9.17) is 16.2 Å². The average Bonchev–Trinajstić information content (AvgIpc) is 3.17. The third-order valence-electron chi connectivity index (χ3n) is 5.32. The molecule has 0 radical (unpaired) electrons. The Kier molecular flexibility index (Phi) is 9.85. The predicted octanol–water partition coefficient (Wildman–Crippen LogP) is 3.05. The van der Waals surface area contributed by atoms with Gasteiger partial charge < -0.3 is 26.4 Å². The number of nitrogens with zero attached hydrogens (tertiary/aromatic N) is 2. The predicted molar refractivity (Wildman–Crippen MR) is 134 cm³/mol. The number of anilines is 1. The first kappa shape index (κ1) is 27.1. The van der Waals surface area contributed by atoms with E-state index in [1.807, 2.05) is 26.0 Å². The summed E-state index contributed by atoms with van der Waals surface area (Å²) in [6, 6.07) is 6.54. The van der Waals surface area contributed by atoms with Gasteiger partial charge >= 0.3 is 0 Å². The first-order valence-electron chi connectivity index (χ1n) is 11.3. The van der Waals surface area contributed by atoms with Crippen LogP contribution in [0.25, 0.3) is 0 Å². The first-order chi connectivity index (χ1) is 16.0. The lowest BCUT2D eigenvalue weighted by Crippen LogP contribution is -2.50. The molecule has 186 valence electrons. The molecule has 1 aromatic carbocycles. The van der Waals surface area contributed by atoms with Gasteiger partial charge in [0, 0.05) is 13.1 Å². The lowest BCUT2D eigenvalue weighted by molar-refractivity contribution is -0.126. The van der Waals surface area contributed by atoms with E-state index < -0.39 is 17.9 Å². The Labute approximate surface area is 205 Å². The first-order valence-corrected chi connectivity index (χ1v) is 12.1. The SMILES string of the molecule is COc1ccc(CN(C(=O)c2snc(C(N)=O)c2N)C(CC(C)C)C(=O)NCCC(C)C)cc1. The van der Waals surface area contributed by atoms with Crippen molar-refractivity contribution in [3.8, 4) is 5.75 Å². The highest BCUT2D eigenvalue weighted by Crippen LogP contribution is 2.27. The number of nitrogens with one attached hydrogen (secondary N) is 1. The molecule has 1 unspecified atom stereocenters. The maximum absolute atomic E-state index is 13.7. The molecular weight excluding hydrogens is 454 g/mol. The molecule has 9 nitrogen and oxygen atoms in total.